The standard InChI is InChI=1S/C29H32N4O2S/c1-18-12-21(35-5)8-11-25(18)30-28(34)29(2)15-24(29)20-7-9-23-26(31-32-27(23)14-20)10-6-19-13-22(36-17-19)16-33(3)4/h6-14,17,24H,15-16H2,1-5H3,(H,30,34)(H,31,32)/b10-6+/t24-,29+/m0/s1. The van der Waals surface area contributed by atoms with E-state index in [1.165, 1.54) is 10.4 Å². The summed E-state index contributed by atoms with van der Waals surface area (Å²) in [5.74, 6) is 1.02. The lowest BCUT2D eigenvalue weighted by molar-refractivity contribution is -0.120. The minimum Gasteiger partial charge on any atom is -0.497 e. The average Bonchev–Trinajstić information content (AvgIpc) is 3.15. The van der Waals surface area contributed by atoms with Crippen LogP contribution in [0.15, 0.2) is 47.8 Å². The predicted octanol–water partition coefficient (Wildman–Crippen LogP) is 6.31. The molecule has 4 aromatic rings. The van der Waals surface area contributed by atoms with E-state index in [-0.39, 0.29) is 11.8 Å². The van der Waals surface area contributed by atoms with Crippen molar-refractivity contribution in [3.8, 4) is 5.75 Å². The minimum absolute atomic E-state index is 0.0542. The average molecular weight is 501 g/mol. The number of methoxy groups -OCH3 is 1. The first-order valence-electron chi connectivity index (χ1n) is 12.1. The molecule has 2 atom stereocenters. The lowest BCUT2D eigenvalue weighted by Crippen LogP contribution is -2.23. The Hall–Kier alpha value is -3.42. The largest absolute Gasteiger partial charge is 0.497 e. The lowest BCUT2D eigenvalue weighted by atomic mass is 9.98. The molecule has 1 fully saturated rings. The maximum absolute atomic E-state index is 13.2. The van der Waals surface area contributed by atoms with E-state index in [0.717, 1.165) is 52.1 Å². The Bertz CT molecular complexity index is 1450. The van der Waals surface area contributed by atoms with Crippen molar-refractivity contribution in [2.75, 3.05) is 26.5 Å². The highest BCUT2D eigenvalue weighted by molar-refractivity contribution is 7.10. The molecule has 5 rings (SSSR count). The molecule has 6 nitrogen and oxygen atoms in total. The number of carbonyl (C=O) groups is 1. The number of amides is 1. The van der Waals surface area contributed by atoms with Gasteiger partial charge in [-0.1, -0.05) is 25.1 Å². The number of aromatic amines is 1. The zero-order valence-electron chi connectivity index (χ0n) is 21.4. The summed E-state index contributed by atoms with van der Waals surface area (Å²) in [6, 6.07) is 14.3. The van der Waals surface area contributed by atoms with E-state index in [1.54, 1.807) is 18.4 Å². The van der Waals surface area contributed by atoms with Gasteiger partial charge in [0, 0.05) is 22.5 Å². The molecule has 2 aromatic heterocycles. The predicted molar refractivity (Wildman–Crippen MR) is 149 cm³/mol. The quantitative estimate of drug-likeness (QED) is 0.298. The molecule has 0 unspecified atom stereocenters. The molecule has 7 heteroatoms. The van der Waals surface area contributed by atoms with Crippen molar-refractivity contribution < 1.29 is 9.53 Å². The van der Waals surface area contributed by atoms with Gasteiger partial charge in [0.05, 0.1) is 23.7 Å². The van der Waals surface area contributed by atoms with Crippen LogP contribution in [-0.2, 0) is 11.3 Å². The van der Waals surface area contributed by atoms with Crippen molar-refractivity contribution >= 4 is 46.0 Å². The van der Waals surface area contributed by atoms with Gasteiger partial charge in [-0.25, -0.2) is 0 Å². The van der Waals surface area contributed by atoms with Crippen molar-refractivity contribution in [1.82, 2.24) is 15.1 Å². The van der Waals surface area contributed by atoms with Crippen LogP contribution in [0.25, 0.3) is 23.1 Å². The first-order chi connectivity index (χ1) is 17.3. The smallest absolute Gasteiger partial charge is 0.230 e. The molecule has 1 aliphatic carbocycles. The number of ether oxygens (including phenoxy) is 1. The first-order valence-corrected chi connectivity index (χ1v) is 13.0. The van der Waals surface area contributed by atoms with Gasteiger partial charge in [0.2, 0.25) is 5.91 Å². The Balaban J connectivity index is 1.28. The highest BCUT2D eigenvalue weighted by Crippen LogP contribution is 2.59. The Kier molecular flexibility index (Phi) is 6.45. The van der Waals surface area contributed by atoms with Crippen LogP contribution in [0.2, 0.25) is 0 Å². The lowest BCUT2D eigenvalue weighted by Gasteiger charge is -2.15. The molecular formula is C29H32N4O2S. The van der Waals surface area contributed by atoms with Crippen LogP contribution in [0.4, 0.5) is 5.69 Å². The number of aryl methyl sites for hydroxylation is 1. The van der Waals surface area contributed by atoms with E-state index in [4.69, 9.17) is 4.74 Å². The highest BCUT2D eigenvalue weighted by Gasteiger charge is 2.56. The third-order valence-corrected chi connectivity index (χ3v) is 7.98. The summed E-state index contributed by atoms with van der Waals surface area (Å²) in [7, 11) is 5.81. The summed E-state index contributed by atoms with van der Waals surface area (Å²) in [5.41, 5.74) is 5.65. The van der Waals surface area contributed by atoms with Gasteiger partial charge < -0.3 is 15.0 Å². The van der Waals surface area contributed by atoms with Gasteiger partial charge in [0.25, 0.3) is 0 Å². The maximum atomic E-state index is 13.2. The summed E-state index contributed by atoms with van der Waals surface area (Å²) in [4.78, 5) is 16.7. The summed E-state index contributed by atoms with van der Waals surface area (Å²) in [6.07, 6.45) is 5.00. The van der Waals surface area contributed by atoms with Gasteiger partial charge in [-0.05, 0) is 91.8 Å². The van der Waals surface area contributed by atoms with Crippen LogP contribution >= 0.6 is 11.3 Å². The van der Waals surface area contributed by atoms with Crippen LogP contribution in [0.1, 0.15) is 46.5 Å². The number of thiophene rings is 1. The Morgan fingerprint density at radius 2 is 2.08 bits per heavy atom. The molecule has 2 N–H and O–H groups in total. The third-order valence-electron chi connectivity index (χ3n) is 7.04. The normalized spacial score (nSPS) is 19.3. The van der Waals surface area contributed by atoms with Crippen LogP contribution < -0.4 is 10.1 Å². The number of carbonyl (C=O) groups excluding carboxylic acids is 1. The topological polar surface area (TPSA) is 70.2 Å². The number of fused-ring (bicyclic) bond motifs is 1. The summed E-state index contributed by atoms with van der Waals surface area (Å²) in [5, 5.41) is 14.1. The van der Waals surface area contributed by atoms with Gasteiger partial charge in [-0.2, -0.15) is 5.10 Å². The van der Waals surface area contributed by atoms with Crippen molar-refractivity contribution in [3.63, 3.8) is 0 Å². The Morgan fingerprint density at radius 1 is 1.25 bits per heavy atom. The second-order valence-corrected chi connectivity index (χ2v) is 11.1. The van der Waals surface area contributed by atoms with Crippen molar-refractivity contribution in [2.45, 2.75) is 32.7 Å². The van der Waals surface area contributed by atoms with E-state index >= 15 is 0 Å². The molecule has 0 aliphatic heterocycles. The van der Waals surface area contributed by atoms with Crippen LogP contribution in [0.5, 0.6) is 5.75 Å². The van der Waals surface area contributed by atoms with Crippen molar-refractivity contribution in [3.05, 3.63) is 75.1 Å². The summed E-state index contributed by atoms with van der Waals surface area (Å²) in [6.45, 7) is 4.97. The molecule has 0 bridgehead atoms. The highest BCUT2D eigenvalue weighted by atomic mass is 32.1. The van der Waals surface area contributed by atoms with Gasteiger partial charge in [-0.3, -0.25) is 9.89 Å². The molecule has 0 saturated heterocycles. The molecule has 1 saturated carbocycles. The van der Waals surface area contributed by atoms with Crippen LogP contribution in [0, 0.1) is 12.3 Å². The molecule has 1 amide bonds. The Labute approximate surface area is 216 Å². The number of benzene rings is 2. The first kappa shape index (κ1) is 24.3. The molecule has 0 spiro atoms. The second kappa shape index (κ2) is 9.56. The van der Waals surface area contributed by atoms with Crippen molar-refractivity contribution in [1.29, 1.82) is 0 Å². The fraction of sp³-hybridized carbons (Fsp3) is 0.310. The second-order valence-electron chi connectivity index (χ2n) is 10.1. The monoisotopic (exact) mass is 500 g/mol. The number of nitrogens with one attached hydrogen (secondary N) is 2. The van der Waals surface area contributed by atoms with Gasteiger partial charge >= 0.3 is 0 Å². The zero-order valence-corrected chi connectivity index (χ0v) is 22.2. The summed E-state index contributed by atoms with van der Waals surface area (Å²) < 4.78 is 5.27. The molecule has 2 aromatic carbocycles. The zero-order chi connectivity index (χ0) is 25.4. The van der Waals surface area contributed by atoms with Gasteiger partial charge in [-0.15, -0.1) is 11.3 Å². The number of rotatable bonds is 8. The van der Waals surface area contributed by atoms with Crippen LogP contribution in [0.3, 0.4) is 0 Å². The van der Waals surface area contributed by atoms with E-state index < -0.39 is 5.41 Å². The molecular weight excluding hydrogens is 468 g/mol. The number of nitrogens with zero attached hydrogens (tertiary/aromatic N) is 2. The molecule has 1 aliphatic rings. The minimum atomic E-state index is -0.425. The summed E-state index contributed by atoms with van der Waals surface area (Å²) >= 11 is 1.78. The van der Waals surface area contributed by atoms with Gasteiger partial charge in [0.1, 0.15) is 5.75 Å². The Morgan fingerprint density at radius 3 is 2.83 bits per heavy atom. The van der Waals surface area contributed by atoms with Crippen molar-refractivity contribution in [2.24, 2.45) is 5.41 Å². The van der Waals surface area contributed by atoms with E-state index in [2.05, 4.69) is 76.3 Å². The number of hydrogen-bond donors (Lipinski definition) is 2. The number of aromatic nitrogens is 2. The fourth-order valence-electron chi connectivity index (χ4n) is 4.73. The molecule has 186 valence electrons. The molecule has 36 heavy (non-hydrogen) atoms. The number of H-pyrrole nitrogens is 1. The number of anilines is 1. The van der Waals surface area contributed by atoms with Crippen LogP contribution in [-0.4, -0.2) is 42.2 Å². The fourth-order valence-corrected chi connectivity index (χ4v) is 5.70. The SMILES string of the molecule is COc1ccc(NC(=O)[C@]2(C)C[C@H]2c2ccc3c(/C=C/c4csc(CN(C)C)c4)n[nH]c3c2)c(C)c1. The maximum Gasteiger partial charge on any atom is 0.230 e. The third kappa shape index (κ3) is 4.81. The molecule has 0 radical (unpaired) electrons. The molecule has 2 heterocycles. The number of hydrogen-bond acceptors (Lipinski definition) is 5. The van der Waals surface area contributed by atoms with E-state index in [1.807, 2.05) is 32.0 Å². The van der Waals surface area contributed by atoms with Gasteiger partial charge in [0.15, 0.2) is 0 Å². The van der Waals surface area contributed by atoms with E-state index in [9.17, 15) is 4.79 Å². The van der Waals surface area contributed by atoms with E-state index in [0.29, 0.717) is 0 Å².